The Morgan fingerprint density at radius 1 is 1.17 bits per heavy atom. The highest BCUT2D eigenvalue weighted by atomic mass is 16.9. The predicted molar refractivity (Wildman–Crippen MR) is 129 cm³/mol. The highest BCUT2D eigenvalue weighted by molar-refractivity contribution is 5.82. The first kappa shape index (κ1) is 22.6. The van der Waals surface area contributed by atoms with Crippen LogP contribution in [0.15, 0.2) is 58.1 Å². The molecule has 5 rings (SSSR count). The van der Waals surface area contributed by atoms with Crippen molar-refractivity contribution in [1.82, 2.24) is 9.96 Å². The molecule has 0 radical (unpaired) electrons. The van der Waals surface area contributed by atoms with E-state index in [1.54, 1.807) is 7.11 Å². The smallest absolute Gasteiger partial charge is 0.496 e. The minimum absolute atomic E-state index is 0.140. The molecule has 9 heteroatoms. The summed E-state index contributed by atoms with van der Waals surface area (Å²) in [6, 6.07) is 14.3. The first-order valence-corrected chi connectivity index (χ1v) is 11.5. The Hall–Kier alpha value is -4.16. The van der Waals surface area contributed by atoms with E-state index >= 15 is 0 Å². The number of carbonyl (C=O) groups excluding carboxylic acids is 1. The molecule has 1 saturated heterocycles. The van der Waals surface area contributed by atoms with E-state index in [1.165, 1.54) is 12.8 Å². The molecule has 35 heavy (non-hydrogen) atoms. The molecule has 0 aliphatic carbocycles. The number of hydrogen-bond acceptors (Lipinski definition) is 9. The monoisotopic (exact) mass is 474 g/mol. The van der Waals surface area contributed by atoms with E-state index in [0.29, 0.717) is 22.7 Å². The van der Waals surface area contributed by atoms with Crippen LogP contribution in [0.25, 0.3) is 11.0 Å². The second kappa shape index (κ2) is 9.99. The molecule has 1 unspecified atom stereocenters. The van der Waals surface area contributed by atoms with Gasteiger partial charge in [0.15, 0.2) is 6.04 Å². The first-order chi connectivity index (χ1) is 17.1. The molecule has 3 aromatic rings. The lowest BCUT2D eigenvalue weighted by atomic mass is 10.00. The van der Waals surface area contributed by atoms with Crippen molar-refractivity contribution in [3.05, 3.63) is 65.4 Å². The summed E-state index contributed by atoms with van der Waals surface area (Å²) in [5.41, 5.74) is 8.17. The number of hydroxylamine groups is 2. The topological polar surface area (TPSA) is 103 Å². The van der Waals surface area contributed by atoms with Crippen LogP contribution in [-0.4, -0.2) is 48.8 Å². The van der Waals surface area contributed by atoms with E-state index in [9.17, 15) is 4.79 Å². The van der Waals surface area contributed by atoms with E-state index < -0.39 is 12.2 Å². The maximum absolute atomic E-state index is 11.9. The average molecular weight is 475 g/mol. The van der Waals surface area contributed by atoms with Gasteiger partial charge in [-0.2, -0.15) is 9.86 Å². The number of hydrogen-bond donors (Lipinski definition) is 1. The molecule has 2 aliphatic rings. The largest absolute Gasteiger partial charge is 0.560 e. The molecule has 1 aromatic heterocycles. The molecular weight excluding hydrogens is 448 g/mol. The van der Waals surface area contributed by atoms with Crippen molar-refractivity contribution in [1.29, 1.82) is 0 Å². The number of nitrogens with two attached hydrogens (primary N) is 1. The summed E-state index contributed by atoms with van der Waals surface area (Å²) in [5, 5.41) is 5.67. The normalized spacial score (nSPS) is 16.8. The highest BCUT2D eigenvalue weighted by Gasteiger charge is 2.36. The van der Waals surface area contributed by atoms with Gasteiger partial charge in [0.25, 0.3) is 5.96 Å². The molecule has 1 fully saturated rings. The van der Waals surface area contributed by atoms with Crippen LogP contribution < -0.4 is 10.5 Å². The third kappa shape index (κ3) is 4.88. The first-order valence-electron chi connectivity index (χ1n) is 11.5. The maximum Gasteiger partial charge on any atom is 0.560 e. The standard InChI is InChI=1S/C26H26N4O5/c1-32-22-12-11-18(8-4-5-13-29-14-6-7-15-29)16-20(22)24(30-25(27)28-34-26(31)35-30)23-17-19-9-2-3-10-21(19)33-23/h2-3,9-12,16-17,24H,5-7,13-15H2,1H3,(H2,27,28). The highest BCUT2D eigenvalue weighted by Crippen LogP contribution is 2.38. The number of likely N-dealkylation sites (tertiary alicyclic amines) is 1. The number of nitrogens with zero attached hydrogens (tertiary/aromatic N) is 3. The fourth-order valence-electron chi connectivity index (χ4n) is 4.40. The van der Waals surface area contributed by atoms with E-state index in [4.69, 9.17) is 19.7 Å². The van der Waals surface area contributed by atoms with E-state index in [2.05, 4.69) is 26.7 Å². The molecule has 2 N–H and O–H groups in total. The van der Waals surface area contributed by atoms with Crippen LogP contribution in [0.3, 0.4) is 0 Å². The van der Waals surface area contributed by atoms with Gasteiger partial charge >= 0.3 is 6.16 Å². The second-order valence-corrected chi connectivity index (χ2v) is 8.35. The van der Waals surface area contributed by atoms with Gasteiger partial charge in [0.1, 0.15) is 17.1 Å². The maximum atomic E-state index is 11.9. The van der Waals surface area contributed by atoms with Crippen molar-refractivity contribution in [2.75, 3.05) is 26.7 Å². The lowest BCUT2D eigenvalue weighted by molar-refractivity contribution is -0.116. The van der Waals surface area contributed by atoms with E-state index in [0.717, 1.165) is 42.1 Å². The van der Waals surface area contributed by atoms with Crippen LogP contribution in [0.4, 0.5) is 4.79 Å². The summed E-state index contributed by atoms with van der Waals surface area (Å²) < 4.78 is 11.8. The molecule has 1 atom stereocenters. The van der Waals surface area contributed by atoms with Gasteiger partial charge in [-0.1, -0.05) is 30.0 Å². The van der Waals surface area contributed by atoms with Gasteiger partial charge < -0.3 is 24.6 Å². The van der Waals surface area contributed by atoms with Crippen LogP contribution in [0.1, 0.15) is 42.2 Å². The molecule has 9 nitrogen and oxygen atoms in total. The Labute approximate surface area is 202 Å². The molecule has 0 amide bonds. The van der Waals surface area contributed by atoms with Gasteiger partial charge in [0, 0.05) is 29.5 Å². The fraction of sp³-hybridized carbons (Fsp3) is 0.308. The van der Waals surface area contributed by atoms with Crippen molar-refractivity contribution >= 4 is 23.1 Å². The molecule has 2 aliphatic heterocycles. The number of rotatable bonds is 6. The van der Waals surface area contributed by atoms with Gasteiger partial charge in [-0.05, 0) is 61.4 Å². The number of oxime groups is 1. The van der Waals surface area contributed by atoms with Crippen LogP contribution in [0.2, 0.25) is 0 Å². The van der Waals surface area contributed by atoms with Crippen molar-refractivity contribution < 1.29 is 23.6 Å². The number of benzene rings is 2. The zero-order chi connectivity index (χ0) is 24.2. The molecule has 3 heterocycles. The molecule has 0 spiro atoms. The number of furan rings is 1. The summed E-state index contributed by atoms with van der Waals surface area (Å²) in [7, 11) is 1.57. The number of para-hydroxylation sites is 1. The molecular formula is C26H26N4O5. The minimum atomic E-state index is -1.00. The Morgan fingerprint density at radius 2 is 2.00 bits per heavy atom. The predicted octanol–water partition coefficient (Wildman–Crippen LogP) is 3.98. The van der Waals surface area contributed by atoms with Crippen molar-refractivity contribution in [3.63, 3.8) is 0 Å². The molecule has 180 valence electrons. The third-order valence-electron chi connectivity index (χ3n) is 6.07. The number of methoxy groups -OCH3 is 1. The summed E-state index contributed by atoms with van der Waals surface area (Å²) >= 11 is 0. The molecule has 0 bridgehead atoms. The number of ether oxygens (including phenoxy) is 1. The van der Waals surface area contributed by atoms with Crippen molar-refractivity contribution in [2.45, 2.75) is 25.3 Å². The number of carbonyl (C=O) groups is 1. The van der Waals surface area contributed by atoms with E-state index in [-0.39, 0.29) is 5.96 Å². The SMILES string of the molecule is COc1ccc(C#CCCN2CCCC2)cc1C(c1cc2ccccc2o1)N1OC(=O)ON=C1N. The second-order valence-electron chi connectivity index (χ2n) is 8.35. The zero-order valence-electron chi connectivity index (χ0n) is 19.4. The summed E-state index contributed by atoms with van der Waals surface area (Å²) in [5.74, 6) is 7.40. The van der Waals surface area contributed by atoms with Gasteiger partial charge in [-0.25, -0.2) is 0 Å². The van der Waals surface area contributed by atoms with Gasteiger partial charge in [0.2, 0.25) is 0 Å². The summed E-state index contributed by atoms with van der Waals surface area (Å²) in [6.45, 7) is 3.26. The lowest BCUT2D eigenvalue weighted by Gasteiger charge is -2.30. The molecule has 2 aromatic carbocycles. The summed E-state index contributed by atoms with van der Waals surface area (Å²) in [6.07, 6.45) is 2.31. The Bertz CT molecular complexity index is 1280. The minimum Gasteiger partial charge on any atom is -0.496 e. The number of guanidine groups is 1. The summed E-state index contributed by atoms with van der Waals surface area (Å²) in [4.78, 5) is 24.2. The van der Waals surface area contributed by atoms with Gasteiger partial charge in [-0.3, -0.25) is 4.84 Å². The van der Waals surface area contributed by atoms with Crippen LogP contribution in [0.5, 0.6) is 5.75 Å². The Morgan fingerprint density at radius 3 is 2.80 bits per heavy atom. The third-order valence-corrected chi connectivity index (χ3v) is 6.07. The van der Waals surface area contributed by atoms with Crippen molar-refractivity contribution in [3.8, 4) is 17.6 Å². The van der Waals surface area contributed by atoms with Gasteiger partial charge in [0.05, 0.1) is 7.11 Å². The number of fused-ring (bicyclic) bond motifs is 1. The Kier molecular flexibility index (Phi) is 6.46. The average Bonchev–Trinajstić information content (AvgIpc) is 3.54. The zero-order valence-corrected chi connectivity index (χ0v) is 19.4. The van der Waals surface area contributed by atoms with Crippen LogP contribution in [0, 0.1) is 11.8 Å². The van der Waals surface area contributed by atoms with Gasteiger partial charge in [-0.15, -0.1) is 0 Å². The Balaban J connectivity index is 1.53. The van der Waals surface area contributed by atoms with Crippen molar-refractivity contribution in [2.24, 2.45) is 10.9 Å². The van der Waals surface area contributed by atoms with E-state index in [1.807, 2.05) is 48.5 Å². The lowest BCUT2D eigenvalue weighted by Crippen LogP contribution is -2.45. The molecule has 0 saturated carbocycles. The quantitative estimate of drug-likeness (QED) is 0.423. The fourth-order valence-corrected chi connectivity index (χ4v) is 4.40. The van der Waals surface area contributed by atoms with Crippen LogP contribution >= 0.6 is 0 Å². The van der Waals surface area contributed by atoms with Crippen LogP contribution in [-0.2, 0) is 9.68 Å².